The smallest absolute Gasteiger partial charge is 0.126 e. The van der Waals surface area contributed by atoms with Crippen LogP contribution in [0, 0.1) is 12.7 Å². The molecule has 2 rings (SSSR count). The summed E-state index contributed by atoms with van der Waals surface area (Å²) < 4.78 is 18.8. The molecule has 3 heteroatoms. The van der Waals surface area contributed by atoms with Crippen molar-refractivity contribution in [3.63, 3.8) is 0 Å². The molecule has 2 nitrogen and oxygen atoms in total. The monoisotopic (exact) mass is 259 g/mol. The van der Waals surface area contributed by atoms with Gasteiger partial charge in [-0.15, -0.1) is 0 Å². The van der Waals surface area contributed by atoms with Gasteiger partial charge in [0.25, 0.3) is 0 Å². The summed E-state index contributed by atoms with van der Waals surface area (Å²) in [6.07, 6.45) is 0.879. The van der Waals surface area contributed by atoms with Crippen molar-refractivity contribution in [2.75, 3.05) is 6.54 Å². The zero-order valence-electron chi connectivity index (χ0n) is 11.0. The van der Waals surface area contributed by atoms with Crippen molar-refractivity contribution in [1.82, 2.24) is 0 Å². The molecule has 0 radical (unpaired) electrons. The van der Waals surface area contributed by atoms with E-state index in [0.29, 0.717) is 18.9 Å². The van der Waals surface area contributed by atoms with Gasteiger partial charge in [-0.1, -0.05) is 30.3 Å². The first kappa shape index (κ1) is 13.6. The quantitative estimate of drug-likeness (QED) is 0.894. The molecule has 2 N–H and O–H groups in total. The van der Waals surface area contributed by atoms with Crippen molar-refractivity contribution >= 4 is 0 Å². The number of halogens is 1. The Kier molecular flexibility index (Phi) is 4.53. The summed E-state index contributed by atoms with van der Waals surface area (Å²) in [4.78, 5) is 0. The summed E-state index contributed by atoms with van der Waals surface area (Å²) in [5.41, 5.74) is 8.71. The second kappa shape index (κ2) is 6.34. The van der Waals surface area contributed by atoms with Crippen LogP contribution in [0.1, 0.15) is 16.7 Å². The maximum atomic E-state index is 13.1. The van der Waals surface area contributed by atoms with Crippen molar-refractivity contribution in [2.24, 2.45) is 5.73 Å². The Morgan fingerprint density at radius 1 is 1.05 bits per heavy atom. The van der Waals surface area contributed by atoms with E-state index in [9.17, 15) is 4.39 Å². The molecule has 0 aliphatic heterocycles. The highest BCUT2D eigenvalue weighted by molar-refractivity contribution is 5.33. The lowest BCUT2D eigenvalue weighted by atomic mass is 10.1. The van der Waals surface area contributed by atoms with Crippen LogP contribution >= 0.6 is 0 Å². The highest BCUT2D eigenvalue weighted by atomic mass is 19.1. The molecule has 0 aliphatic carbocycles. The van der Waals surface area contributed by atoms with Crippen molar-refractivity contribution in [3.8, 4) is 5.75 Å². The Bertz CT molecular complexity index is 537. The Balaban J connectivity index is 2.00. The van der Waals surface area contributed by atoms with Gasteiger partial charge < -0.3 is 10.5 Å². The van der Waals surface area contributed by atoms with Gasteiger partial charge in [0.05, 0.1) is 0 Å². The molecule has 0 aliphatic rings. The van der Waals surface area contributed by atoms with Gasteiger partial charge in [0.1, 0.15) is 18.2 Å². The van der Waals surface area contributed by atoms with Crippen molar-refractivity contribution in [2.45, 2.75) is 20.0 Å². The number of ether oxygens (including phenoxy) is 1. The molecule has 0 unspecified atom stereocenters. The predicted octanol–water partition coefficient (Wildman–Crippen LogP) is 3.21. The van der Waals surface area contributed by atoms with E-state index < -0.39 is 0 Å². The molecule has 0 atom stereocenters. The summed E-state index contributed by atoms with van der Waals surface area (Å²) in [7, 11) is 0. The molecule has 2 aromatic rings. The fraction of sp³-hybridized carbons (Fsp3) is 0.250. The van der Waals surface area contributed by atoms with Crippen molar-refractivity contribution < 1.29 is 9.13 Å². The molecule has 2 aromatic carbocycles. The minimum absolute atomic E-state index is 0.279. The third-order valence-corrected chi connectivity index (χ3v) is 3.00. The molecular formula is C16H18FNO. The molecule has 0 heterocycles. The molecule has 0 amide bonds. The number of aryl methyl sites for hydroxylation is 1. The van der Waals surface area contributed by atoms with Crippen LogP contribution in [0.2, 0.25) is 0 Å². The Labute approximate surface area is 113 Å². The van der Waals surface area contributed by atoms with E-state index in [-0.39, 0.29) is 5.82 Å². The van der Waals surface area contributed by atoms with E-state index in [1.54, 1.807) is 6.07 Å². The standard InChI is InChI=1S/C16H18FNO/c1-12-2-7-15(17)10-16(12)19-11-14-5-3-13(4-6-14)8-9-18/h2-7,10H,8-9,11,18H2,1H3. The zero-order valence-corrected chi connectivity index (χ0v) is 11.0. The lowest BCUT2D eigenvalue weighted by molar-refractivity contribution is 0.302. The third-order valence-electron chi connectivity index (χ3n) is 3.00. The van der Waals surface area contributed by atoms with Crippen LogP contribution in [0.3, 0.4) is 0 Å². The molecule has 0 bridgehead atoms. The van der Waals surface area contributed by atoms with E-state index in [4.69, 9.17) is 10.5 Å². The van der Waals surface area contributed by atoms with Gasteiger partial charge in [-0.25, -0.2) is 4.39 Å². The predicted molar refractivity (Wildman–Crippen MR) is 74.7 cm³/mol. The van der Waals surface area contributed by atoms with Gasteiger partial charge in [0.15, 0.2) is 0 Å². The van der Waals surface area contributed by atoms with Gasteiger partial charge in [-0.05, 0) is 42.6 Å². The lowest BCUT2D eigenvalue weighted by Gasteiger charge is -2.09. The van der Waals surface area contributed by atoms with Gasteiger partial charge in [0.2, 0.25) is 0 Å². The largest absolute Gasteiger partial charge is 0.489 e. The lowest BCUT2D eigenvalue weighted by Crippen LogP contribution is -2.03. The summed E-state index contributed by atoms with van der Waals surface area (Å²) in [5, 5.41) is 0. The molecule has 0 fully saturated rings. The summed E-state index contributed by atoms with van der Waals surface area (Å²) in [6.45, 7) is 2.99. The average molecular weight is 259 g/mol. The van der Waals surface area contributed by atoms with E-state index in [1.807, 2.05) is 31.2 Å². The topological polar surface area (TPSA) is 35.2 Å². The van der Waals surface area contributed by atoms with Crippen LogP contribution < -0.4 is 10.5 Å². The van der Waals surface area contributed by atoms with Gasteiger partial charge in [-0.2, -0.15) is 0 Å². The molecule has 100 valence electrons. The van der Waals surface area contributed by atoms with Gasteiger partial charge in [0, 0.05) is 6.07 Å². The van der Waals surface area contributed by atoms with Crippen molar-refractivity contribution in [1.29, 1.82) is 0 Å². The first-order valence-corrected chi connectivity index (χ1v) is 6.36. The fourth-order valence-electron chi connectivity index (χ4n) is 1.86. The number of benzene rings is 2. The van der Waals surface area contributed by atoms with Crippen LogP contribution in [-0.2, 0) is 13.0 Å². The molecule has 0 aromatic heterocycles. The second-order valence-corrected chi connectivity index (χ2v) is 4.55. The molecule has 19 heavy (non-hydrogen) atoms. The summed E-state index contributed by atoms with van der Waals surface area (Å²) in [6, 6.07) is 12.7. The first-order chi connectivity index (χ1) is 9.19. The first-order valence-electron chi connectivity index (χ1n) is 6.36. The third kappa shape index (κ3) is 3.80. The summed E-state index contributed by atoms with van der Waals surface area (Å²) in [5.74, 6) is 0.310. The minimum Gasteiger partial charge on any atom is -0.489 e. The Morgan fingerprint density at radius 2 is 1.74 bits per heavy atom. The van der Waals surface area contributed by atoms with Crippen LogP contribution in [0.25, 0.3) is 0 Å². The van der Waals surface area contributed by atoms with Gasteiger partial charge in [-0.3, -0.25) is 0 Å². The van der Waals surface area contributed by atoms with Crippen LogP contribution in [0.5, 0.6) is 5.75 Å². The Morgan fingerprint density at radius 3 is 2.42 bits per heavy atom. The van der Waals surface area contributed by atoms with E-state index in [0.717, 1.165) is 17.5 Å². The summed E-state index contributed by atoms with van der Waals surface area (Å²) >= 11 is 0. The second-order valence-electron chi connectivity index (χ2n) is 4.55. The van der Waals surface area contributed by atoms with Gasteiger partial charge >= 0.3 is 0 Å². The SMILES string of the molecule is Cc1ccc(F)cc1OCc1ccc(CCN)cc1. The van der Waals surface area contributed by atoms with E-state index >= 15 is 0 Å². The number of hydrogen-bond acceptors (Lipinski definition) is 2. The van der Waals surface area contributed by atoms with Crippen LogP contribution in [0.15, 0.2) is 42.5 Å². The number of nitrogens with two attached hydrogens (primary N) is 1. The number of hydrogen-bond donors (Lipinski definition) is 1. The Hall–Kier alpha value is -1.87. The fourth-order valence-corrected chi connectivity index (χ4v) is 1.86. The molecule has 0 spiro atoms. The maximum absolute atomic E-state index is 13.1. The average Bonchev–Trinajstić information content (AvgIpc) is 2.42. The normalized spacial score (nSPS) is 10.5. The molecule has 0 saturated heterocycles. The maximum Gasteiger partial charge on any atom is 0.126 e. The van der Waals surface area contributed by atoms with E-state index in [1.165, 1.54) is 17.7 Å². The molecule has 0 saturated carbocycles. The van der Waals surface area contributed by atoms with E-state index in [2.05, 4.69) is 0 Å². The number of rotatable bonds is 5. The highest BCUT2D eigenvalue weighted by Gasteiger charge is 2.02. The highest BCUT2D eigenvalue weighted by Crippen LogP contribution is 2.20. The van der Waals surface area contributed by atoms with Crippen LogP contribution in [-0.4, -0.2) is 6.54 Å². The minimum atomic E-state index is -0.279. The molecular weight excluding hydrogens is 241 g/mol. The van der Waals surface area contributed by atoms with Crippen molar-refractivity contribution in [3.05, 3.63) is 65.0 Å². The zero-order chi connectivity index (χ0) is 13.7. The van der Waals surface area contributed by atoms with Crippen LogP contribution in [0.4, 0.5) is 4.39 Å².